The molecule has 3 heterocycles. The summed E-state index contributed by atoms with van der Waals surface area (Å²) in [6, 6.07) is 2.86. The Morgan fingerprint density at radius 1 is 1.15 bits per heavy atom. The lowest BCUT2D eigenvalue weighted by Crippen LogP contribution is -2.27. The predicted octanol–water partition coefficient (Wildman–Crippen LogP) is 4.10. The fourth-order valence-corrected chi connectivity index (χ4v) is 2.78. The van der Waals surface area contributed by atoms with Gasteiger partial charge in [-0.25, -0.2) is 14.8 Å². The molecule has 0 aliphatic heterocycles. The Morgan fingerprint density at radius 3 is 2.56 bits per heavy atom. The average Bonchev–Trinajstić information content (AvgIpc) is 2.94. The van der Waals surface area contributed by atoms with Gasteiger partial charge in [0.25, 0.3) is 0 Å². The summed E-state index contributed by atoms with van der Waals surface area (Å²) in [6.45, 7) is 2.35. The van der Waals surface area contributed by atoms with Crippen LogP contribution in [0.4, 0.5) is 18.7 Å². The summed E-state index contributed by atoms with van der Waals surface area (Å²) in [5.41, 5.74) is 0.586. The van der Waals surface area contributed by atoms with E-state index in [0.29, 0.717) is 27.0 Å². The van der Waals surface area contributed by atoms with Crippen molar-refractivity contribution in [2.75, 3.05) is 5.32 Å². The zero-order valence-electron chi connectivity index (χ0n) is 14.6. The van der Waals surface area contributed by atoms with Crippen LogP contribution in [0.3, 0.4) is 0 Å². The maximum absolute atomic E-state index is 12.2. The molecule has 3 aromatic heterocycles. The Balaban J connectivity index is 1.78. The standard InChI is InChI=1S/C16H15F2N5O3S/c1-16(2,3)26-15(24)23-14-22-11-12(27-14)21-10(7-20-11)9-5-4-8(6-19-9)25-13(17)18/h4-7,13H,1-3H3,(H,20,22,23,24). The van der Waals surface area contributed by atoms with Gasteiger partial charge in [-0.3, -0.25) is 10.3 Å². The van der Waals surface area contributed by atoms with Gasteiger partial charge in [-0.15, -0.1) is 0 Å². The van der Waals surface area contributed by atoms with Crippen LogP contribution in [-0.4, -0.2) is 38.2 Å². The van der Waals surface area contributed by atoms with Crippen molar-refractivity contribution < 1.29 is 23.0 Å². The molecule has 0 unspecified atom stereocenters. The summed E-state index contributed by atoms with van der Waals surface area (Å²) in [5, 5.41) is 2.83. The number of thiazole rings is 1. The van der Waals surface area contributed by atoms with Gasteiger partial charge >= 0.3 is 12.7 Å². The number of aromatic nitrogens is 4. The van der Waals surface area contributed by atoms with Gasteiger partial charge in [-0.05, 0) is 32.9 Å². The van der Waals surface area contributed by atoms with Crippen LogP contribution < -0.4 is 10.1 Å². The van der Waals surface area contributed by atoms with Crippen LogP contribution in [0.1, 0.15) is 20.8 Å². The summed E-state index contributed by atoms with van der Waals surface area (Å²) in [6.07, 6.45) is 2.00. The minimum atomic E-state index is -2.91. The third-order valence-corrected chi connectivity index (χ3v) is 3.81. The summed E-state index contributed by atoms with van der Waals surface area (Å²) in [7, 11) is 0. The van der Waals surface area contributed by atoms with E-state index in [2.05, 4.69) is 30.0 Å². The van der Waals surface area contributed by atoms with Gasteiger partial charge in [0.05, 0.1) is 18.1 Å². The molecule has 3 aromatic rings. The van der Waals surface area contributed by atoms with E-state index in [1.165, 1.54) is 24.5 Å². The Morgan fingerprint density at radius 2 is 1.93 bits per heavy atom. The first-order valence-electron chi connectivity index (χ1n) is 7.74. The average molecular weight is 395 g/mol. The Hall–Kier alpha value is -2.95. The molecule has 0 aromatic carbocycles. The molecule has 3 rings (SSSR count). The van der Waals surface area contributed by atoms with Gasteiger partial charge in [0, 0.05) is 0 Å². The number of nitrogens with zero attached hydrogens (tertiary/aromatic N) is 4. The van der Waals surface area contributed by atoms with E-state index in [-0.39, 0.29) is 5.75 Å². The quantitative estimate of drug-likeness (QED) is 0.710. The number of amides is 1. The van der Waals surface area contributed by atoms with Crippen molar-refractivity contribution in [2.45, 2.75) is 33.0 Å². The number of pyridine rings is 1. The van der Waals surface area contributed by atoms with Crippen molar-refractivity contribution in [1.82, 2.24) is 19.9 Å². The second-order valence-corrected chi connectivity index (χ2v) is 7.27. The van der Waals surface area contributed by atoms with Crippen molar-refractivity contribution in [3.8, 4) is 17.1 Å². The molecule has 0 aliphatic carbocycles. The molecule has 0 radical (unpaired) electrons. The monoisotopic (exact) mass is 395 g/mol. The first kappa shape index (κ1) is 18.8. The number of halogens is 2. The normalized spacial score (nSPS) is 11.6. The lowest BCUT2D eigenvalue weighted by atomic mass is 10.2. The molecule has 1 amide bonds. The number of carbonyl (C=O) groups excluding carboxylic acids is 1. The molecule has 1 N–H and O–H groups in total. The largest absolute Gasteiger partial charge is 0.444 e. The molecular formula is C16H15F2N5O3S. The summed E-state index contributed by atoms with van der Waals surface area (Å²) < 4.78 is 33.8. The van der Waals surface area contributed by atoms with E-state index in [9.17, 15) is 13.6 Å². The molecule has 142 valence electrons. The van der Waals surface area contributed by atoms with Gasteiger partial charge in [-0.2, -0.15) is 13.8 Å². The maximum Gasteiger partial charge on any atom is 0.413 e. The second kappa shape index (κ2) is 7.35. The third kappa shape index (κ3) is 5.03. The molecule has 27 heavy (non-hydrogen) atoms. The van der Waals surface area contributed by atoms with E-state index < -0.39 is 18.3 Å². The zero-order valence-corrected chi connectivity index (χ0v) is 15.4. The highest BCUT2D eigenvalue weighted by atomic mass is 32.1. The van der Waals surface area contributed by atoms with Crippen molar-refractivity contribution in [3.05, 3.63) is 24.5 Å². The number of ether oxygens (including phenoxy) is 2. The van der Waals surface area contributed by atoms with Crippen molar-refractivity contribution in [2.24, 2.45) is 0 Å². The Bertz CT molecular complexity index is 957. The van der Waals surface area contributed by atoms with Gasteiger partial charge in [0.1, 0.15) is 17.0 Å². The molecule has 0 atom stereocenters. The molecule has 0 fully saturated rings. The Kier molecular flexibility index (Phi) is 5.13. The van der Waals surface area contributed by atoms with Crippen molar-refractivity contribution in [1.29, 1.82) is 0 Å². The number of nitrogens with one attached hydrogen (secondary N) is 1. The SMILES string of the molecule is CC(C)(C)OC(=O)Nc1nc2ncc(-c3ccc(OC(F)F)cn3)nc2s1. The molecule has 0 spiro atoms. The number of hydrogen-bond acceptors (Lipinski definition) is 8. The highest BCUT2D eigenvalue weighted by molar-refractivity contribution is 7.21. The molecule has 11 heteroatoms. The summed E-state index contributed by atoms with van der Waals surface area (Å²) in [5.74, 6) is -0.0515. The molecule has 8 nitrogen and oxygen atoms in total. The van der Waals surface area contributed by atoms with Crippen LogP contribution in [-0.2, 0) is 4.74 Å². The minimum Gasteiger partial charge on any atom is -0.444 e. The molecule has 0 saturated heterocycles. The van der Waals surface area contributed by atoms with Gasteiger partial charge < -0.3 is 9.47 Å². The second-order valence-electron chi connectivity index (χ2n) is 6.29. The molecule has 0 bridgehead atoms. The van der Waals surface area contributed by atoms with E-state index >= 15 is 0 Å². The fourth-order valence-electron chi connectivity index (χ4n) is 1.99. The lowest BCUT2D eigenvalue weighted by Gasteiger charge is -2.18. The van der Waals surface area contributed by atoms with E-state index in [1.807, 2.05) is 0 Å². The highest BCUT2D eigenvalue weighted by Gasteiger charge is 2.18. The number of anilines is 1. The third-order valence-electron chi connectivity index (χ3n) is 2.96. The first-order chi connectivity index (χ1) is 12.7. The van der Waals surface area contributed by atoms with Crippen LogP contribution in [0.5, 0.6) is 5.75 Å². The van der Waals surface area contributed by atoms with Gasteiger partial charge in [0.15, 0.2) is 15.6 Å². The lowest BCUT2D eigenvalue weighted by molar-refractivity contribution is -0.0500. The fraction of sp³-hybridized carbons (Fsp3) is 0.312. The summed E-state index contributed by atoms with van der Waals surface area (Å²) in [4.78, 5) is 29.1. The molecular weight excluding hydrogens is 380 g/mol. The van der Waals surface area contributed by atoms with Crippen LogP contribution in [0.2, 0.25) is 0 Å². The van der Waals surface area contributed by atoms with Crippen LogP contribution >= 0.6 is 11.3 Å². The number of alkyl halides is 2. The predicted molar refractivity (Wildman–Crippen MR) is 94.9 cm³/mol. The smallest absolute Gasteiger partial charge is 0.413 e. The number of rotatable bonds is 4. The Labute approximate surface area is 156 Å². The van der Waals surface area contributed by atoms with Crippen molar-refractivity contribution >= 4 is 33.0 Å². The van der Waals surface area contributed by atoms with Crippen LogP contribution in [0.15, 0.2) is 24.5 Å². The van der Waals surface area contributed by atoms with E-state index in [1.54, 1.807) is 20.8 Å². The minimum absolute atomic E-state index is 0.0515. The van der Waals surface area contributed by atoms with Crippen LogP contribution in [0.25, 0.3) is 21.9 Å². The highest BCUT2D eigenvalue weighted by Crippen LogP contribution is 2.26. The van der Waals surface area contributed by atoms with Crippen LogP contribution in [0, 0.1) is 0 Å². The number of fused-ring (bicyclic) bond motifs is 1. The van der Waals surface area contributed by atoms with Crippen molar-refractivity contribution in [3.63, 3.8) is 0 Å². The molecule has 0 aliphatic rings. The maximum atomic E-state index is 12.2. The topological polar surface area (TPSA) is 99.1 Å². The molecule has 0 saturated carbocycles. The van der Waals surface area contributed by atoms with E-state index in [4.69, 9.17) is 4.74 Å². The van der Waals surface area contributed by atoms with E-state index in [0.717, 1.165) is 11.3 Å². The number of carbonyl (C=O) groups is 1. The number of hydrogen-bond donors (Lipinski definition) is 1. The van der Waals surface area contributed by atoms with Gasteiger partial charge in [-0.1, -0.05) is 11.3 Å². The summed E-state index contributed by atoms with van der Waals surface area (Å²) >= 11 is 1.12. The van der Waals surface area contributed by atoms with Gasteiger partial charge in [0.2, 0.25) is 0 Å². The first-order valence-corrected chi connectivity index (χ1v) is 8.56. The zero-order chi connectivity index (χ0) is 19.6.